The number of amides is 5. The van der Waals surface area contributed by atoms with Crippen LogP contribution in [0.25, 0.3) is 20.9 Å². The summed E-state index contributed by atoms with van der Waals surface area (Å²) in [6.07, 6.45) is 0.0796. The van der Waals surface area contributed by atoms with Gasteiger partial charge < -0.3 is 48.5 Å². The van der Waals surface area contributed by atoms with E-state index in [4.69, 9.17) is 49.0 Å². The zero-order valence-corrected chi connectivity index (χ0v) is 33.3. The average Bonchev–Trinajstić information content (AvgIpc) is 3.48. The molecule has 1 saturated heterocycles. The molecular weight excluding hydrogens is 780 g/mol. The van der Waals surface area contributed by atoms with Crippen molar-refractivity contribution >= 4 is 35.2 Å². The number of fused-ring (bicyclic) bond motifs is 1. The third-order valence-electron chi connectivity index (χ3n) is 8.47. The van der Waals surface area contributed by atoms with E-state index in [0.29, 0.717) is 85.0 Å². The molecule has 0 spiro atoms. The van der Waals surface area contributed by atoms with Gasteiger partial charge in [-0.25, -0.2) is 0 Å². The Morgan fingerprint density at radius 3 is 1.83 bits per heavy atom. The van der Waals surface area contributed by atoms with E-state index in [-0.39, 0.29) is 82.5 Å². The lowest BCUT2D eigenvalue weighted by Gasteiger charge is -2.29. The summed E-state index contributed by atoms with van der Waals surface area (Å²) >= 11 is 0. The van der Waals surface area contributed by atoms with Gasteiger partial charge in [0.25, 0.3) is 11.8 Å². The topological polar surface area (TPSA) is 296 Å². The first kappa shape index (κ1) is 48.4. The van der Waals surface area contributed by atoms with Crippen molar-refractivity contribution in [3.8, 4) is 0 Å². The van der Waals surface area contributed by atoms with Crippen LogP contribution in [0.1, 0.15) is 40.5 Å². The van der Waals surface area contributed by atoms with Gasteiger partial charge in [0.15, 0.2) is 0 Å². The predicted octanol–water partition coefficient (Wildman–Crippen LogP) is 1.38. The van der Waals surface area contributed by atoms with Crippen LogP contribution in [-0.4, -0.2) is 172 Å². The molecule has 1 unspecified atom stereocenters. The van der Waals surface area contributed by atoms with Crippen molar-refractivity contribution in [1.82, 2.24) is 15.5 Å². The number of hydrogen-bond donors (Lipinski definition) is 3. The SMILES string of the molecule is CC(COCCOCCOCCN=[N+]=[N-])(COCCOCCOCCN=[N+]=[N-])COCCOCC(=O)NCCNc1cccc2c1C(=O)N(C1CCC(=O)NC1=O)C2=O. The highest BCUT2D eigenvalue weighted by Crippen LogP contribution is 2.32. The lowest BCUT2D eigenvalue weighted by atomic mass is 9.94. The largest absolute Gasteiger partial charge is 0.383 e. The minimum atomic E-state index is -1.07. The number of nitrogens with zero attached hydrogens (tertiary/aromatic N) is 7. The molecule has 5 amide bonds. The van der Waals surface area contributed by atoms with Crippen LogP contribution in [0.5, 0.6) is 0 Å². The van der Waals surface area contributed by atoms with Crippen LogP contribution in [0.2, 0.25) is 0 Å². The number of hydrogen-bond acceptors (Lipinski definition) is 16. The fourth-order valence-electron chi connectivity index (χ4n) is 5.66. The van der Waals surface area contributed by atoms with Crippen LogP contribution in [0.15, 0.2) is 28.4 Å². The Kier molecular flexibility index (Phi) is 23.4. The van der Waals surface area contributed by atoms with E-state index in [2.05, 4.69) is 36.0 Å². The summed E-state index contributed by atoms with van der Waals surface area (Å²) < 4.78 is 44.7. The van der Waals surface area contributed by atoms with Gasteiger partial charge in [0.1, 0.15) is 12.6 Å². The van der Waals surface area contributed by atoms with Gasteiger partial charge in [-0.1, -0.05) is 23.2 Å². The molecule has 1 aromatic carbocycles. The van der Waals surface area contributed by atoms with Crippen molar-refractivity contribution in [2.75, 3.05) is 137 Å². The lowest BCUT2D eigenvalue weighted by Crippen LogP contribution is -2.54. The number of ether oxygens (including phenoxy) is 8. The summed E-state index contributed by atoms with van der Waals surface area (Å²) in [4.78, 5) is 68.9. The Morgan fingerprint density at radius 1 is 0.763 bits per heavy atom. The average molecular weight is 835 g/mol. The number of imide groups is 2. The first-order valence-corrected chi connectivity index (χ1v) is 19.2. The summed E-state index contributed by atoms with van der Waals surface area (Å²) in [5.41, 5.74) is 16.7. The molecule has 1 atom stereocenters. The first-order chi connectivity index (χ1) is 28.7. The maximum absolute atomic E-state index is 13.3. The molecule has 0 aromatic heterocycles. The number of anilines is 1. The highest BCUT2D eigenvalue weighted by molar-refractivity contribution is 6.25. The monoisotopic (exact) mass is 834 g/mol. The molecule has 0 radical (unpaired) electrons. The molecule has 2 aliphatic rings. The lowest BCUT2D eigenvalue weighted by molar-refractivity contribution is -0.136. The van der Waals surface area contributed by atoms with Crippen LogP contribution in [0.3, 0.4) is 0 Å². The number of carbonyl (C=O) groups is 5. The van der Waals surface area contributed by atoms with Gasteiger partial charge in [-0.05, 0) is 29.6 Å². The van der Waals surface area contributed by atoms with Crippen LogP contribution < -0.4 is 16.0 Å². The van der Waals surface area contributed by atoms with Crippen molar-refractivity contribution < 1.29 is 61.9 Å². The van der Waals surface area contributed by atoms with Crippen LogP contribution in [0, 0.1) is 5.41 Å². The van der Waals surface area contributed by atoms with Crippen molar-refractivity contribution in [1.29, 1.82) is 0 Å². The quantitative estimate of drug-likeness (QED) is 0.0291. The van der Waals surface area contributed by atoms with Crippen molar-refractivity contribution in [2.45, 2.75) is 25.8 Å². The van der Waals surface area contributed by atoms with Crippen molar-refractivity contribution in [3.63, 3.8) is 0 Å². The third kappa shape index (κ3) is 18.3. The second-order valence-corrected chi connectivity index (χ2v) is 13.3. The van der Waals surface area contributed by atoms with E-state index in [9.17, 15) is 24.0 Å². The summed E-state index contributed by atoms with van der Waals surface area (Å²) in [7, 11) is 0. The van der Waals surface area contributed by atoms with Gasteiger partial charge in [-0.3, -0.25) is 34.2 Å². The second kappa shape index (κ2) is 28.5. The normalized spacial score (nSPS) is 15.9. The van der Waals surface area contributed by atoms with E-state index in [0.717, 1.165) is 4.90 Å². The molecule has 2 heterocycles. The minimum Gasteiger partial charge on any atom is -0.383 e. The maximum Gasteiger partial charge on any atom is 0.264 e. The van der Waals surface area contributed by atoms with Crippen molar-refractivity contribution in [2.24, 2.45) is 15.6 Å². The maximum atomic E-state index is 13.3. The summed E-state index contributed by atoms with van der Waals surface area (Å²) in [6.45, 7) is 7.41. The molecule has 23 heteroatoms. The van der Waals surface area contributed by atoms with Crippen LogP contribution in [0.4, 0.5) is 5.69 Å². The van der Waals surface area contributed by atoms with Gasteiger partial charge in [0.05, 0.1) is 110 Å². The predicted molar refractivity (Wildman–Crippen MR) is 207 cm³/mol. The second-order valence-electron chi connectivity index (χ2n) is 13.3. The Bertz CT molecular complexity index is 1570. The standard InChI is InChI=1S/C36H54N10O13/c1-36(24-57-20-17-54-15-13-52-11-9-41-44-37,25-58-21-18-55-16-14-53-12-10-42-45-38)26-59-22-19-56-23-31(48)40-8-7-39-28-4-2-3-27-32(28)35(51)46(34(27)50)29-5-6-30(47)43-33(29)49/h2-4,29,39H,5-26H2,1H3,(H,40,48)(H,43,47,49). The molecule has 3 N–H and O–H groups in total. The number of azide groups is 2. The molecule has 2 aliphatic heterocycles. The summed E-state index contributed by atoms with van der Waals surface area (Å²) in [5, 5.41) is 14.8. The number of piperidine rings is 1. The fraction of sp³-hybridized carbons (Fsp3) is 0.694. The van der Waals surface area contributed by atoms with Gasteiger partial charge >= 0.3 is 0 Å². The van der Waals surface area contributed by atoms with Gasteiger partial charge in [0.2, 0.25) is 17.7 Å². The van der Waals surface area contributed by atoms with Crippen LogP contribution >= 0.6 is 0 Å². The molecular formula is C36H54N10O13. The van der Waals surface area contributed by atoms with E-state index in [1.807, 2.05) is 6.92 Å². The Morgan fingerprint density at radius 2 is 1.29 bits per heavy atom. The minimum absolute atomic E-state index is 0.0236. The molecule has 23 nitrogen and oxygen atoms in total. The highest BCUT2D eigenvalue weighted by Gasteiger charge is 2.45. The molecule has 59 heavy (non-hydrogen) atoms. The Labute approximate surface area is 341 Å². The molecule has 1 fully saturated rings. The third-order valence-corrected chi connectivity index (χ3v) is 8.47. The first-order valence-electron chi connectivity index (χ1n) is 19.2. The number of rotatable bonds is 34. The molecule has 3 rings (SSSR count). The summed E-state index contributed by atoms with van der Waals surface area (Å²) in [6, 6.07) is 3.68. The van der Waals surface area contributed by atoms with Gasteiger partial charge in [-0.2, -0.15) is 0 Å². The molecule has 0 aliphatic carbocycles. The number of nitrogens with one attached hydrogen (secondary N) is 3. The molecule has 0 bridgehead atoms. The highest BCUT2D eigenvalue weighted by atomic mass is 16.6. The van der Waals surface area contributed by atoms with E-state index in [1.54, 1.807) is 12.1 Å². The molecule has 1 aromatic rings. The molecule has 326 valence electrons. The molecule has 0 saturated carbocycles. The van der Waals surface area contributed by atoms with Gasteiger partial charge in [0, 0.05) is 53.5 Å². The number of carbonyl (C=O) groups excluding carboxylic acids is 5. The van der Waals surface area contributed by atoms with E-state index < -0.39 is 35.1 Å². The van der Waals surface area contributed by atoms with E-state index >= 15 is 0 Å². The van der Waals surface area contributed by atoms with Crippen LogP contribution in [-0.2, 0) is 52.3 Å². The summed E-state index contributed by atoms with van der Waals surface area (Å²) in [5.74, 6) is -2.74. The smallest absolute Gasteiger partial charge is 0.264 e. The Hall–Kier alpha value is -4.93. The number of benzene rings is 1. The zero-order chi connectivity index (χ0) is 42.6. The van der Waals surface area contributed by atoms with Gasteiger partial charge in [-0.15, -0.1) is 0 Å². The zero-order valence-electron chi connectivity index (χ0n) is 33.3. The fourth-order valence-corrected chi connectivity index (χ4v) is 5.66. The Balaban J connectivity index is 1.31. The van der Waals surface area contributed by atoms with Crippen molar-refractivity contribution in [3.05, 3.63) is 50.2 Å². The van der Waals surface area contributed by atoms with E-state index in [1.165, 1.54) is 6.07 Å².